The fourth-order valence-electron chi connectivity index (χ4n) is 2.13. The van der Waals surface area contributed by atoms with E-state index in [2.05, 4.69) is 4.98 Å². The number of nitro groups is 1. The summed E-state index contributed by atoms with van der Waals surface area (Å²) in [4.78, 5) is 15.5. The van der Waals surface area contributed by atoms with Crippen LogP contribution in [0.1, 0.15) is 17.4 Å². The van der Waals surface area contributed by atoms with Crippen LogP contribution in [-0.2, 0) is 6.42 Å². The van der Waals surface area contributed by atoms with E-state index in [-0.39, 0.29) is 12.2 Å². The molecule has 6 nitrogen and oxygen atoms in total. The van der Waals surface area contributed by atoms with Gasteiger partial charge < -0.3 is 15.2 Å². The van der Waals surface area contributed by atoms with Crippen molar-refractivity contribution in [3.63, 3.8) is 0 Å². The van der Waals surface area contributed by atoms with E-state index in [1.165, 1.54) is 15.7 Å². The highest BCUT2D eigenvalue weighted by molar-refractivity contribution is 7.15. The van der Waals surface area contributed by atoms with Gasteiger partial charge in [-0.3, -0.25) is 0 Å². The normalized spacial score (nSPS) is 12.7. The maximum atomic E-state index is 11.2. The second kappa shape index (κ2) is 5.03. The van der Waals surface area contributed by atoms with Gasteiger partial charge >= 0.3 is 5.82 Å². The first kappa shape index (κ1) is 12.8. The molecule has 0 aliphatic rings. The molecule has 20 heavy (non-hydrogen) atoms. The van der Waals surface area contributed by atoms with Gasteiger partial charge in [0.25, 0.3) is 4.96 Å². The van der Waals surface area contributed by atoms with Crippen LogP contribution in [-0.4, -0.2) is 19.4 Å². The number of thiazole rings is 1. The van der Waals surface area contributed by atoms with Crippen LogP contribution in [0.4, 0.5) is 5.82 Å². The Morgan fingerprint density at radius 1 is 1.40 bits per heavy atom. The number of hydrogen-bond acceptors (Lipinski definition) is 5. The molecule has 0 spiro atoms. The van der Waals surface area contributed by atoms with E-state index < -0.39 is 11.0 Å². The molecule has 3 aromatic rings. The van der Waals surface area contributed by atoms with Crippen molar-refractivity contribution >= 4 is 22.1 Å². The molecule has 0 saturated heterocycles. The van der Waals surface area contributed by atoms with E-state index in [4.69, 9.17) is 0 Å². The number of nitrogens with zero attached hydrogens (tertiary/aromatic N) is 3. The summed E-state index contributed by atoms with van der Waals surface area (Å²) in [6.45, 7) is 0. The largest absolute Gasteiger partial charge is 0.388 e. The lowest BCUT2D eigenvalue weighted by molar-refractivity contribution is -0.391. The summed E-state index contributed by atoms with van der Waals surface area (Å²) in [7, 11) is 0. The minimum atomic E-state index is -0.806. The zero-order valence-corrected chi connectivity index (χ0v) is 11.2. The second-order valence-electron chi connectivity index (χ2n) is 4.33. The number of aliphatic hydroxyl groups excluding tert-OH is 1. The van der Waals surface area contributed by atoms with Crippen LogP contribution in [0.3, 0.4) is 0 Å². The Balaban J connectivity index is 1.96. The van der Waals surface area contributed by atoms with Gasteiger partial charge in [0.15, 0.2) is 0 Å². The molecular weight excluding hydrogens is 278 g/mol. The highest BCUT2D eigenvalue weighted by Gasteiger charge is 2.25. The molecule has 102 valence electrons. The lowest BCUT2D eigenvalue weighted by atomic mass is 10.1. The maximum absolute atomic E-state index is 11.2. The van der Waals surface area contributed by atoms with Crippen LogP contribution in [0.15, 0.2) is 41.9 Å². The first-order chi connectivity index (χ1) is 9.66. The smallest absolute Gasteiger partial charge is 0.351 e. The predicted molar refractivity (Wildman–Crippen MR) is 74.8 cm³/mol. The van der Waals surface area contributed by atoms with Crippen molar-refractivity contribution in [1.82, 2.24) is 9.38 Å². The Morgan fingerprint density at radius 2 is 2.15 bits per heavy atom. The number of hydrogen-bond donors (Lipinski definition) is 1. The molecule has 0 radical (unpaired) electrons. The summed E-state index contributed by atoms with van der Waals surface area (Å²) in [5, 5.41) is 23.1. The average Bonchev–Trinajstić information content (AvgIpc) is 2.99. The van der Waals surface area contributed by atoms with Gasteiger partial charge in [-0.25, -0.2) is 0 Å². The molecule has 7 heteroatoms. The van der Waals surface area contributed by atoms with Crippen LogP contribution >= 0.6 is 11.3 Å². The van der Waals surface area contributed by atoms with Gasteiger partial charge in [-0.15, -0.1) is 0 Å². The third-order valence-electron chi connectivity index (χ3n) is 3.05. The Kier molecular flexibility index (Phi) is 3.21. The quantitative estimate of drug-likeness (QED) is 0.591. The standard InChI is InChI=1S/C13H11N3O3S/c17-11(9-4-2-1-3-5-9)8-10-12(16(18)19)15-6-7-20-13(15)14-10/h1-7,11,17H,8H2. The van der Waals surface area contributed by atoms with Crippen molar-refractivity contribution in [2.45, 2.75) is 12.5 Å². The molecule has 0 fully saturated rings. The summed E-state index contributed by atoms with van der Waals surface area (Å²) in [6, 6.07) is 9.06. The Morgan fingerprint density at radius 3 is 2.85 bits per heavy atom. The van der Waals surface area contributed by atoms with E-state index in [9.17, 15) is 15.2 Å². The highest BCUT2D eigenvalue weighted by atomic mass is 32.1. The van der Waals surface area contributed by atoms with E-state index in [1.807, 2.05) is 18.2 Å². The third kappa shape index (κ3) is 2.17. The summed E-state index contributed by atoms with van der Waals surface area (Å²) in [5.74, 6) is -0.0729. The van der Waals surface area contributed by atoms with Crippen molar-refractivity contribution in [2.24, 2.45) is 0 Å². The first-order valence-corrected chi connectivity index (χ1v) is 6.86. The van der Waals surface area contributed by atoms with Crippen LogP contribution in [0.2, 0.25) is 0 Å². The fraction of sp³-hybridized carbons (Fsp3) is 0.154. The third-order valence-corrected chi connectivity index (χ3v) is 3.81. The summed E-state index contributed by atoms with van der Waals surface area (Å²) >= 11 is 1.33. The molecule has 2 aromatic heterocycles. The van der Waals surface area contributed by atoms with Gasteiger partial charge in [0.1, 0.15) is 11.9 Å². The van der Waals surface area contributed by atoms with Crippen molar-refractivity contribution in [3.8, 4) is 0 Å². The molecule has 3 rings (SSSR count). The molecule has 0 saturated carbocycles. The lowest BCUT2D eigenvalue weighted by Crippen LogP contribution is -2.04. The average molecular weight is 289 g/mol. The van der Waals surface area contributed by atoms with Gasteiger partial charge in [-0.1, -0.05) is 41.7 Å². The van der Waals surface area contributed by atoms with E-state index in [0.717, 1.165) is 5.56 Å². The van der Waals surface area contributed by atoms with Crippen LogP contribution in [0.5, 0.6) is 0 Å². The highest BCUT2D eigenvalue weighted by Crippen LogP contribution is 2.27. The fourth-order valence-corrected chi connectivity index (χ4v) is 2.85. The predicted octanol–water partition coefficient (Wildman–Crippen LogP) is 2.58. The number of fused-ring (bicyclic) bond motifs is 1. The minimum absolute atomic E-state index is 0.0729. The molecule has 0 bridgehead atoms. The number of rotatable bonds is 4. The summed E-state index contributed by atoms with van der Waals surface area (Å²) in [5.41, 5.74) is 1.02. The van der Waals surface area contributed by atoms with E-state index in [0.29, 0.717) is 10.7 Å². The van der Waals surface area contributed by atoms with Crippen molar-refractivity contribution < 1.29 is 10.0 Å². The van der Waals surface area contributed by atoms with Gasteiger partial charge in [0.2, 0.25) is 0 Å². The summed E-state index contributed by atoms with van der Waals surface area (Å²) < 4.78 is 1.44. The molecule has 1 unspecified atom stereocenters. The van der Waals surface area contributed by atoms with E-state index >= 15 is 0 Å². The SMILES string of the molecule is O=[N+]([O-])c1c(CC(O)c2ccccc2)nc2sccn12. The number of aliphatic hydroxyl groups is 1. The maximum Gasteiger partial charge on any atom is 0.351 e. The van der Waals surface area contributed by atoms with Gasteiger partial charge in [0.05, 0.1) is 6.10 Å². The van der Waals surface area contributed by atoms with Crippen molar-refractivity contribution in [2.75, 3.05) is 0 Å². The number of imidazole rings is 1. The zero-order chi connectivity index (χ0) is 14.1. The molecular formula is C13H11N3O3S. The number of benzene rings is 1. The number of aromatic nitrogens is 2. The molecule has 1 N–H and O–H groups in total. The molecule has 0 amide bonds. The zero-order valence-electron chi connectivity index (χ0n) is 10.3. The Hall–Kier alpha value is -2.25. The van der Waals surface area contributed by atoms with Gasteiger partial charge in [-0.05, 0) is 10.5 Å². The molecule has 0 aliphatic carbocycles. The lowest BCUT2D eigenvalue weighted by Gasteiger charge is -2.08. The van der Waals surface area contributed by atoms with Crippen LogP contribution < -0.4 is 0 Å². The molecule has 1 aromatic carbocycles. The second-order valence-corrected chi connectivity index (χ2v) is 5.20. The molecule has 1 atom stereocenters. The van der Waals surface area contributed by atoms with Gasteiger partial charge in [-0.2, -0.15) is 9.38 Å². The van der Waals surface area contributed by atoms with Crippen LogP contribution in [0, 0.1) is 10.1 Å². The monoisotopic (exact) mass is 289 g/mol. The van der Waals surface area contributed by atoms with E-state index in [1.54, 1.807) is 23.7 Å². The Labute approximate surface area is 118 Å². The molecule has 0 aliphatic heterocycles. The Bertz CT molecular complexity index is 751. The first-order valence-electron chi connectivity index (χ1n) is 5.98. The van der Waals surface area contributed by atoms with Crippen LogP contribution in [0.25, 0.3) is 4.96 Å². The van der Waals surface area contributed by atoms with Crippen molar-refractivity contribution in [1.29, 1.82) is 0 Å². The van der Waals surface area contributed by atoms with Crippen molar-refractivity contribution in [3.05, 3.63) is 63.3 Å². The molecule has 2 heterocycles. The van der Waals surface area contributed by atoms with Gasteiger partial charge in [0, 0.05) is 11.8 Å². The minimum Gasteiger partial charge on any atom is -0.388 e. The topological polar surface area (TPSA) is 80.7 Å². The summed E-state index contributed by atoms with van der Waals surface area (Å²) in [6.07, 6.45) is 0.928.